The van der Waals surface area contributed by atoms with Gasteiger partial charge in [0, 0.05) is 12.6 Å². The van der Waals surface area contributed by atoms with Crippen molar-refractivity contribution >= 4 is 27.5 Å². The van der Waals surface area contributed by atoms with Crippen LogP contribution in [-0.2, 0) is 26.2 Å². The van der Waals surface area contributed by atoms with Crippen molar-refractivity contribution in [1.29, 1.82) is 0 Å². The smallest absolute Gasteiger partial charge is 0.244 e. The fourth-order valence-electron chi connectivity index (χ4n) is 4.32. The summed E-state index contributed by atoms with van der Waals surface area (Å²) in [5.41, 5.74) is 0.785. The van der Waals surface area contributed by atoms with Crippen molar-refractivity contribution in [2.24, 2.45) is 0 Å². The van der Waals surface area contributed by atoms with Crippen molar-refractivity contribution in [3.63, 3.8) is 0 Å². The van der Waals surface area contributed by atoms with Crippen LogP contribution < -0.4 is 14.4 Å². The molecule has 0 heterocycles. The first kappa shape index (κ1) is 27.4. The molecule has 3 rings (SSSR count). The third-order valence-corrected chi connectivity index (χ3v) is 7.55. The maximum atomic E-state index is 13.8. The molecule has 0 spiro atoms. The fourth-order valence-corrected chi connectivity index (χ4v) is 5.17. The van der Waals surface area contributed by atoms with Crippen molar-refractivity contribution in [1.82, 2.24) is 10.2 Å². The highest BCUT2D eigenvalue weighted by Crippen LogP contribution is 2.21. The number of sulfonamides is 1. The second-order valence-corrected chi connectivity index (χ2v) is 11.0. The lowest BCUT2D eigenvalue weighted by atomic mass is 9.95. The highest BCUT2D eigenvalue weighted by molar-refractivity contribution is 7.92. The minimum absolute atomic E-state index is 0.0366. The standard InChI is InChI=1S/C26H34FN3O5S/c1-19(26(32)28-22-9-5-4-6-10-22)29(17-20-12-14-24(35-2)15-13-20)25(31)18-30(36(3,33)34)23-11-7-8-21(27)16-23/h7-8,11-16,19,22H,4-6,9-10,17-18H2,1-3H3,(H,28,32)/t19-/m1/s1. The van der Waals surface area contributed by atoms with Gasteiger partial charge < -0.3 is 15.0 Å². The molecule has 1 saturated carbocycles. The fraction of sp³-hybridized carbons (Fsp3) is 0.462. The average Bonchev–Trinajstić information content (AvgIpc) is 2.85. The zero-order valence-corrected chi connectivity index (χ0v) is 21.8. The van der Waals surface area contributed by atoms with Crippen molar-refractivity contribution in [3.8, 4) is 5.75 Å². The number of benzene rings is 2. The number of nitrogens with one attached hydrogen (secondary N) is 1. The Bertz CT molecular complexity index is 1150. The summed E-state index contributed by atoms with van der Waals surface area (Å²) in [6, 6.07) is 11.3. The molecule has 0 radical (unpaired) electrons. The number of nitrogens with zero attached hydrogens (tertiary/aromatic N) is 2. The van der Waals surface area contributed by atoms with Crippen LogP contribution in [0, 0.1) is 5.82 Å². The number of amides is 2. The van der Waals surface area contributed by atoms with Gasteiger partial charge in [-0.25, -0.2) is 12.8 Å². The molecular formula is C26H34FN3O5S. The highest BCUT2D eigenvalue weighted by Gasteiger charge is 2.31. The maximum absolute atomic E-state index is 13.8. The number of ether oxygens (including phenoxy) is 1. The van der Waals surface area contributed by atoms with Crippen LogP contribution in [0.15, 0.2) is 48.5 Å². The molecule has 2 aromatic carbocycles. The van der Waals surface area contributed by atoms with E-state index in [9.17, 15) is 22.4 Å². The summed E-state index contributed by atoms with van der Waals surface area (Å²) in [5, 5.41) is 3.05. The van der Waals surface area contributed by atoms with Gasteiger partial charge in [-0.2, -0.15) is 0 Å². The van der Waals surface area contributed by atoms with Crippen molar-refractivity contribution in [3.05, 3.63) is 59.9 Å². The van der Waals surface area contributed by atoms with Gasteiger partial charge in [-0.3, -0.25) is 13.9 Å². The quantitative estimate of drug-likeness (QED) is 0.519. The van der Waals surface area contributed by atoms with Crippen molar-refractivity contribution < 1.29 is 27.1 Å². The number of carbonyl (C=O) groups is 2. The third kappa shape index (κ3) is 7.43. The summed E-state index contributed by atoms with van der Waals surface area (Å²) in [5.74, 6) is -0.842. The van der Waals surface area contributed by atoms with Crippen LogP contribution in [0.1, 0.15) is 44.6 Å². The summed E-state index contributed by atoms with van der Waals surface area (Å²) >= 11 is 0. The normalized spacial score (nSPS) is 15.1. The van der Waals surface area contributed by atoms with E-state index in [-0.39, 0.29) is 24.2 Å². The Kier molecular flexibility index (Phi) is 9.31. The largest absolute Gasteiger partial charge is 0.497 e. The van der Waals surface area contributed by atoms with Gasteiger partial charge in [-0.1, -0.05) is 37.5 Å². The summed E-state index contributed by atoms with van der Waals surface area (Å²) in [6.07, 6.45) is 5.98. The van der Waals surface area contributed by atoms with Crippen LogP contribution in [0.25, 0.3) is 0 Å². The number of hydrogen-bond acceptors (Lipinski definition) is 5. The molecule has 1 fully saturated rings. The van der Waals surface area contributed by atoms with Crippen molar-refractivity contribution in [2.75, 3.05) is 24.2 Å². The molecule has 0 aromatic heterocycles. The summed E-state index contributed by atoms with van der Waals surface area (Å²) < 4.78 is 45.0. The van der Waals surface area contributed by atoms with E-state index in [1.54, 1.807) is 38.3 Å². The van der Waals surface area contributed by atoms with Gasteiger partial charge >= 0.3 is 0 Å². The Morgan fingerprint density at radius 1 is 1.11 bits per heavy atom. The van der Waals surface area contributed by atoms with Gasteiger partial charge in [-0.15, -0.1) is 0 Å². The van der Waals surface area contributed by atoms with Crippen molar-refractivity contribution in [2.45, 2.75) is 57.7 Å². The number of methoxy groups -OCH3 is 1. The SMILES string of the molecule is COc1ccc(CN(C(=O)CN(c2cccc(F)c2)S(C)(=O)=O)[C@H](C)C(=O)NC2CCCCC2)cc1. The van der Waals surface area contributed by atoms with Crippen LogP contribution in [-0.4, -0.2) is 57.1 Å². The minimum Gasteiger partial charge on any atom is -0.497 e. The van der Waals surface area contributed by atoms with E-state index in [2.05, 4.69) is 5.32 Å². The van der Waals surface area contributed by atoms with Gasteiger partial charge in [0.1, 0.15) is 24.2 Å². The number of halogens is 1. The molecule has 196 valence electrons. The topological polar surface area (TPSA) is 96.0 Å². The lowest BCUT2D eigenvalue weighted by Crippen LogP contribution is -2.52. The molecule has 8 nitrogen and oxygen atoms in total. The van der Waals surface area contributed by atoms with Crippen LogP contribution in [0.3, 0.4) is 0 Å². The molecule has 36 heavy (non-hydrogen) atoms. The Morgan fingerprint density at radius 2 is 1.78 bits per heavy atom. The summed E-state index contributed by atoms with van der Waals surface area (Å²) in [7, 11) is -2.36. The van der Waals surface area contributed by atoms with Gasteiger partial charge in [0.05, 0.1) is 19.1 Å². The average molecular weight is 520 g/mol. The third-order valence-electron chi connectivity index (χ3n) is 6.41. The molecule has 0 unspecified atom stereocenters. The zero-order chi connectivity index (χ0) is 26.3. The predicted octanol–water partition coefficient (Wildman–Crippen LogP) is 3.47. The van der Waals surface area contributed by atoms with E-state index in [1.165, 1.54) is 23.1 Å². The van der Waals surface area contributed by atoms with Crippen LogP contribution in [0.4, 0.5) is 10.1 Å². The lowest BCUT2D eigenvalue weighted by molar-refractivity contribution is -0.139. The molecule has 1 atom stereocenters. The second-order valence-electron chi connectivity index (χ2n) is 9.14. The highest BCUT2D eigenvalue weighted by atomic mass is 32.2. The van der Waals surface area contributed by atoms with Crippen LogP contribution in [0.2, 0.25) is 0 Å². The maximum Gasteiger partial charge on any atom is 0.244 e. The number of carbonyl (C=O) groups excluding carboxylic acids is 2. The molecule has 1 N–H and O–H groups in total. The summed E-state index contributed by atoms with van der Waals surface area (Å²) in [6.45, 7) is 1.15. The number of anilines is 1. The van der Waals surface area contributed by atoms with Gasteiger partial charge in [0.15, 0.2) is 0 Å². The Morgan fingerprint density at radius 3 is 2.36 bits per heavy atom. The minimum atomic E-state index is -3.91. The van der Waals surface area contributed by atoms with Gasteiger partial charge in [0.25, 0.3) is 0 Å². The predicted molar refractivity (Wildman–Crippen MR) is 137 cm³/mol. The Hall–Kier alpha value is -3.14. The molecule has 0 aliphatic heterocycles. The lowest BCUT2D eigenvalue weighted by Gasteiger charge is -2.33. The molecule has 2 amide bonds. The zero-order valence-electron chi connectivity index (χ0n) is 20.9. The molecule has 0 saturated heterocycles. The van der Waals surface area contributed by atoms with E-state index < -0.39 is 34.3 Å². The van der Waals surface area contributed by atoms with E-state index in [4.69, 9.17) is 4.74 Å². The van der Waals surface area contributed by atoms with Gasteiger partial charge in [-0.05, 0) is 55.7 Å². The monoisotopic (exact) mass is 519 g/mol. The molecule has 10 heteroatoms. The molecule has 1 aliphatic rings. The molecular weight excluding hydrogens is 485 g/mol. The first-order valence-corrected chi connectivity index (χ1v) is 13.9. The van der Waals surface area contributed by atoms with Crippen LogP contribution in [0.5, 0.6) is 5.75 Å². The van der Waals surface area contributed by atoms with Crippen LogP contribution >= 0.6 is 0 Å². The molecule has 0 bridgehead atoms. The van der Waals surface area contributed by atoms with E-state index in [1.807, 2.05) is 0 Å². The Labute approximate surface area is 212 Å². The summed E-state index contributed by atoms with van der Waals surface area (Å²) in [4.78, 5) is 28.0. The molecule has 1 aliphatic carbocycles. The number of rotatable bonds is 10. The van der Waals surface area contributed by atoms with Gasteiger partial charge in [0.2, 0.25) is 21.8 Å². The second kappa shape index (κ2) is 12.2. The van der Waals surface area contributed by atoms with E-state index in [0.717, 1.165) is 54.3 Å². The number of hydrogen-bond donors (Lipinski definition) is 1. The van der Waals surface area contributed by atoms with E-state index >= 15 is 0 Å². The Balaban J connectivity index is 1.86. The molecule has 2 aromatic rings. The first-order chi connectivity index (χ1) is 17.1. The van der Waals surface area contributed by atoms with E-state index in [0.29, 0.717) is 5.75 Å². The first-order valence-electron chi connectivity index (χ1n) is 12.0.